The molecule has 1 aromatic carbocycles. The van der Waals surface area contributed by atoms with Crippen molar-refractivity contribution in [1.82, 2.24) is 9.47 Å². The summed E-state index contributed by atoms with van der Waals surface area (Å²) in [5, 5.41) is 0. The van der Waals surface area contributed by atoms with Gasteiger partial charge in [-0.15, -0.1) is 0 Å². The Balaban J connectivity index is 2.40. The lowest BCUT2D eigenvalue weighted by molar-refractivity contribution is 0.0756. The van der Waals surface area contributed by atoms with E-state index in [0.717, 1.165) is 21.5 Å². The van der Waals surface area contributed by atoms with Gasteiger partial charge in [-0.25, -0.2) is 8.42 Å². The first-order valence-electron chi connectivity index (χ1n) is 7.91. The van der Waals surface area contributed by atoms with Crippen molar-refractivity contribution in [1.29, 1.82) is 0 Å². The van der Waals surface area contributed by atoms with Crippen molar-refractivity contribution in [3.05, 3.63) is 51.8 Å². The largest absolute Gasteiger partial charge is 0.338 e. The minimum atomic E-state index is -3.15. The van der Waals surface area contributed by atoms with Gasteiger partial charge in [-0.1, -0.05) is 12.1 Å². The molecule has 0 aliphatic heterocycles. The molecule has 0 aliphatic rings. The summed E-state index contributed by atoms with van der Waals surface area (Å²) in [6, 6.07) is 9.27. The average molecular weight is 427 g/mol. The zero-order valence-corrected chi connectivity index (χ0v) is 17.5. The van der Waals surface area contributed by atoms with Crippen LogP contribution in [0.2, 0.25) is 0 Å². The first-order valence-corrected chi connectivity index (χ1v) is 10.8. The van der Waals surface area contributed by atoms with Gasteiger partial charge in [-0.3, -0.25) is 4.79 Å². The molecule has 0 saturated carbocycles. The lowest BCUT2D eigenvalue weighted by Crippen LogP contribution is -2.39. The Labute approximate surface area is 157 Å². The Morgan fingerprint density at radius 1 is 1.28 bits per heavy atom. The highest BCUT2D eigenvalue weighted by atomic mass is 79.9. The van der Waals surface area contributed by atoms with E-state index in [4.69, 9.17) is 0 Å². The van der Waals surface area contributed by atoms with Crippen LogP contribution in [0.15, 0.2) is 34.8 Å². The van der Waals surface area contributed by atoms with E-state index in [1.54, 1.807) is 14.0 Å². The Morgan fingerprint density at radius 3 is 2.44 bits per heavy atom. The van der Waals surface area contributed by atoms with Crippen LogP contribution in [-0.4, -0.2) is 48.9 Å². The third kappa shape index (κ3) is 4.33. The molecule has 1 aromatic heterocycles. The lowest BCUT2D eigenvalue weighted by atomic mass is 10.2. The summed E-state index contributed by atoms with van der Waals surface area (Å²) < 4.78 is 26.0. The van der Waals surface area contributed by atoms with E-state index < -0.39 is 15.9 Å². The number of aromatic nitrogens is 1. The Kier molecular flexibility index (Phi) is 5.79. The molecule has 0 unspecified atom stereocenters. The lowest BCUT2D eigenvalue weighted by Gasteiger charge is -2.24. The number of halogens is 1. The number of carbonyl (C=O) groups is 1. The fraction of sp³-hybridized carbons (Fsp3) is 0.389. The fourth-order valence-corrected chi connectivity index (χ4v) is 4.49. The van der Waals surface area contributed by atoms with Crippen LogP contribution >= 0.6 is 15.9 Å². The van der Waals surface area contributed by atoms with Gasteiger partial charge in [0, 0.05) is 35.2 Å². The Bertz CT molecular complexity index is 903. The van der Waals surface area contributed by atoms with Crippen LogP contribution in [0.5, 0.6) is 0 Å². The molecular formula is C18H23BrN2O3S. The minimum absolute atomic E-state index is 0.0573. The molecule has 2 rings (SSSR count). The third-order valence-electron chi connectivity index (χ3n) is 4.28. The summed E-state index contributed by atoms with van der Waals surface area (Å²) in [5.41, 5.74) is 3.31. The van der Waals surface area contributed by atoms with Gasteiger partial charge < -0.3 is 9.47 Å². The van der Waals surface area contributed by atoms with Crippen molar-refractivity contribution < 1.29 is 13.2 Å². The molecule has 25 heavy (non-hydrogen) atoms. The number of hydrogen-bond acceptors (Lipinski definition) is 3. The molecule has 0 radical (unpaired) electrons. The monoisotopic (exact) mass is 426 g/mol. The molecule has 1 atom stereocenters. The summed E-state index contributed by atoms with van der Waals surface area (Å²) in [5.74, 6) is -0.236. The van der Waals surface area contributed by atoms with Gasteiger partial charge in [0.15, 0.2) is 0 Å². The number of sulfone groups is 1. The van der Waals surface area contributed by atoms with Crippen molar-refractivity contribution >= 4 is 31.7 Å². The minimum Gasteiger partial charge on any atom is -0.338 e. The quantitative estimate of drug-likeness (QED) is 0.735. The zero-order chi connectivity index (χ0) is 18.9. The predicted octanol–water partition coefficient (Wildman–Crippen LogP) is 3.36. The molecule has 7 heteroatoms. The number of carbonyl (C=O) groups excluding carboxylic acids is 1. The second-order valence-electron chi connectivity index (χ2n) is 6.43. The SMILES string of the molecule is Cc1cc(C(=O)N(C)[C@@H](C)CS(C)(=O)=O)c(C)n1-c1ccccc1Br. The van der Waals surface area contributed by atoms with Crippen molar-refractivity contribution in [3.8, 4) is 5.69 Å². The molecule has 0 spiro atoms. The Hall–Kier alpha value is -1.60. The van der Waals surface area contributed by atoms with Gasteiger partial charge in [0.25, 0.3) is 5.91 Å². The van der Waals surface area contributed by atoms with Gasteiger partial charge >= 0.3 is 0 Å². The number of benzene rings is 1. The van der Waals surface area contributed by atoms with E-state index >= 15 is 0 Å². The van der Waals surface area contributed by atoms with Crippen LogP contribution in [0.4, 0.5) is 0 Å². The number of para-hydroxylation sites is 1. The first kappa shape index (κ1) is 19.7. The van der Waals surface area contributed by atoms with Gasteiger partial charge in [0.1, 0.15) is 9.84 Å². The highest BCUT2D eigenvalue weighted by Gasteiger charge is 2.25. The van der Waals surface area contributed by atoms with E-state index in [0.29, 0.717) is 5.56 Å². The molecule has 136 valence electrons. The maximum Gasteiger partial charge on any atom is 0.255 e. The van der Waals surface area contributed by atoms with Gasteiger partial charge in [-0.2, -0.15) is 0 Å². The molecule has 2 aromatic rings. The summed E-state index contributed by atoms with van der Waals surface area (Å²) in [6.45, 7) is 5.59. The van der Waals surface area contributed by atoms with E-state index in [9.17, 15) is 13.2 Å². The topological polar surface area (TPSA) is 59.4 Å². The van der Waals surface area contributed by atoms with Crippen molar-refractivity contribution in [3.63, 3.8) is 0 Å². The summed E-state index contributed by atoms with van der Waals surface area (Å²) in [4.78, 5) is 14.4. The smallest absolute Gasteiger partial charge is 0.255 e. The van der Waals surface area contributed by atoms with Crippen molar-refractivity contribution in [2.45, 2.75) is 26.8 Å². The number of nitrogens with zero attached hydrogens (tertiary/aromatic N) is 2. The maximum atomic E-state index is 12.9. The summed E-state index contributed by atoms with van der Waals surface area (Å²) in [6.07, 6.45) is 1.18. The summed E-state index contributed by atoms with van der Waals surface area (Å²) >= 11 is 3.55. The second kappa shape index (κ2) is 7.33. The molecule has 1 heterocycles. The van der Waals surface area contributed by atoms with Gasteiger partial charge in [0.05, 0.1) is 17.0 Å². The Morgan fingerprint density at radius 2 is 1.88 bits per heavy atom. The van der Waals surface area contributed by atoms with E-state index in [1.165, 1.54) is 11.2 Å². The van der Waals surface area contributed by atoms with Gasteiger partial charge in [-0.05, 0) is 54.9 Å². The van der Waals surface area contributed by atoms with Crippen LogP contribution in [0.3, 0.4) is 0 Å². The summed E-state index contributed by atoms with van der Waals surface area (Å²) in [7, 11) is -1.51. The standard InChI is InChI=1S/C18H23BrN2O3S/c1-12-10-15(18(22)20(4)13(2)11-25(5,23)24)14(3)21(12)17-9-7-6-8-16(17)19/h6-10,13H,11H2,1-5H3/t13-/m0/s1. The average Bonchev–Trinajstić information content (AvgIpc) is 2.80. The number of hydrogen-bond donors (Lipinski definition) is 0. The molecule has 0 saturated heterocycles. The van der Waals surface area contributed by atoms with Crippen molar-refractivity contribution in [2.75, 3.05) is 19.1 Å². The van der Waals surface area contributed by atoms with Crippen LogP contribution in [0, 0.1) is 13.8 Å². The molecule has 0 fully saturated rings. The molecule has 1 amide bonds. The van der Waals surface area contributed by atoms with Crippen LogP contribution < -0.4 is 0 Å². The molecular weight excluding hydrogens is 404 g/mol. The number of amides is 1. The highest BCUT2D eigenvalue weighted by Crippen LogP contribution is 2.27. The second-order valence-corrected chi connectivity index (χ2v) is 9.47. The van der Waals surface area contributed by atoms with Crippen molar-refractivity contribution in [2.24, 2.45) is 0 Å². The molecule has 5 nitrogen and oxygen atoms in total. The van der Waals surface area contributed by atoms with Crippen LogP contribution in [0.1, 0.15) is 28.7 Å². The maximum absolute atomic E-state index is 12.9. The molecule has 0 aliphatic carbocycles. The fourth-order valence-electron chi connectivity index (χ4n) is 2.92. The number of rotatable bonds is 5. The normalized spacial score (nSPS) is 12.9. The van der Waals surface area contributed by atoms with E-state index in [-0.39, 0.29) is 11.7 Å². The molecule has 0 bridgehead atoms. The third-order valence-corrected chi connectivity index (χ3v) is 6.04. The highest BCUT2D eigenvalue weighted by molar-refractivity contribution is 9.10. The van der Waals surface area contributed by atoms with E-state index in [1.807, 2.05) is 48.7 Å². The van der Waals surface area contributed by atoms with Crippen LogP contribution in [0.25, 0.3) is 5.69 Å². The zero-order valence-electron chi connectivity index (χ0n) is 15.1. The van der Waals surface area contributed by atoms with Crippen LogP contribution in [-0.2, 0) is 9.84 Å². The predicted molar refractivity (Wildman–Crippen MR) is 104 cm³/mol. The van der Waals surface area contributed by atoms with E-state index in [2.05, 4.69) is 15.9 Å². The molecule has 0 N–H and O–H groups in total. The first-order chi connectivity index (χ1) is 11.5. The van der Waals surface area contributed by atoms with Gasteiger partial charge in [0.2, 0.25) is 0 Å². The number of aryl methyl sites for hydroxylation is 1.